The number of carbonyl (C=O) groups is 1. The third-order valence-electron chi connectivity index (χ3n) is 2.41. The number of hydrogen-bond donors (Lipinski definition) is 2. The second-order valence-electron chi connectivity index (χ2n) is 3.84. The van der Waals surface area contributed by atoms with E-state index in [4.69, 9.17) is 44.6 Å². The molecule has 0 radical (unpaired) electrons. The van der Waals surface area contributed by atoms with Crippen molar-refractivity contribution in [2.24, 2.45) is 0 Å². The highest BCUT2D eigenvalue weighted by molar-refractivity contribution is 6.43. The van der Waals surface area contributed by atoms with Gasteiger partial charge in [-0.25, -0.2) is 0 Å². The first-order valence-electron chi connectivity index (χ1n) is 5.65. The lowest BCUT2D eigenvalue weighted by atomic mass is 10.2. The quantitative estimate of drug-likeness (QED) is 0.790. The van der Waals surface area contributed by atoms with Gasteiger partial charge in [0.1, 0.15) is 5.75 Å². The van der Waals surface area contributed by atoms with Gasteiger partial charge in [-0.15, -0.1) is 0 Å². The molecule has 106 valence electrons. The third kappa shape index (κ3) is 5.07. The number of rotatable bonds is 6. The van der Waals surface area contributed by atoms with E-state index in [1.807, 2.05) is 6.92 Å². The van der Waals surface area contributed by atoms with Crippen LogP contribution in [0.4, 0.5) is 0 Å². The number of aliphatic hydroxyl groups excluding tert-OH is 1. The van der Waals surface area contributed by atoms with E-state index in [0.717, 1.165) is 0 Å². The predicted molar refractivity (Wildman–Crippen MR) is 76.3 cm³/mol. The molecule has 1 atom stereocenters. The molecule has 0 aliphatic rings. The van der Waals surface area contributed by atoms with Crippen molar-refractivity contribution in [1.82, 2.24) is 5.32 Å². The molecule has 4 nitrogen and oxygen atoms in total. The van der Waals surface area contributed by atoms with Crippen LogP contribution < -0.4 is 10.1 Å². The Hall–Kier alpha value is -0.680. The van der Waals surface area contributed by atoms with Gasteiger partial charge in [-0.3, -0.25) is 4.79 Å². The van der Waals surface area contributed by atoms with Gasteiger partial charge >= 0.3 is 0 Å². The van der Waals surface area contributed by atoms with Gasteiger partial charge in [-0.1, -0.05) is 41.7 Å². The summed E-state index contributed by atoms with van der Waals surface area (Å²) in [5, 5.41) is 12.5. The molecule has 0 heterocycles. The Labute approximate surface area is 126 Å². The summed E-state index contributed by atoms with van der Waals surface area (Å²) in [6.45, 7) is 1.53. The summed E-state index contributed by atoms with van der Waals surface area (Å²) in [6.07, 6.45) is 0.635. The van der Waals surface area contributed by atoms with Crippen molar-refractivity contribution in [1.29, 1.82) is 0 Å². The largest absolute Gasteiger partial charge is 0.482 e. The smallest absolute Gasteiger partial charge is 0.258 e. The van der Waals surface area contributed by atoms with E-state index in [1.54, 1.807) is 0 Å². The molecular weight excluding hydrogens is 312 g/mol. The minimum Gasteiger partial charge on any atom is -0.482 e. The van der Waals surface area contributed by atoms with Crippen LogP contribution in [0.25, 0.3) is 0 Å². The molecule has 0 spiro atoms. The molecule has 7 heteroatoms. The minimum absolute atomic E-state index is 0.115. The lowest BCUT2D eigenvalue weighted by Crippen LogP contribution is -2.39. The summed E-state index contributed by atoms with van der Waals surface area (Å²) in [6, 6.07) is 2.62. The normalized spacial score (nSPS) is 12.1. The molecule has 2 N–H and O–H groups in total. The molecule has 1 amide bonds. The van der Waals surface area contributed by atoms with Gasteiger partial charge in [-0.2, -0.15) is 0 Å². The van der Waals surface area contributed by atoms with Gasteiger partial charge in [-0.05, 0) is 12.5 Å². The summed E-state index contributed by atoms with van der Waals surface area (Å²) >= 11 is 17.5. The fourth-order valence-electron chi connectivity index (χ4n) is 1.30. The molecule has 0 fully saturated rings. The first-order chi connectivity index (χ1) is 8.97. The van der Waals surface area contributed by atoms with Crippen molar-refractivity contribution < 1.29 is 14.6 Å². The maximum atomic E-state index is 11.6. The zero-order chi connectivity index (χ0) is 14.4. The summed E-state index contributed by atoms with van der Waals surface area (Å²) < 4.78 is 5.26. The van der Waals surface area contributed by atoms with Gasteiger partial charge in [0.15, 0.2) is 6.61 Å². The molecular formula is C12H14Cl3NO3. The fraction of sp³-hybridized carbons (Fsp3) is 0.417. The van der Waals surface area contributed by atoms with Crippen LogP contribution in [0.3, 0.4) is 0 Å². The lowest BCUT2D eigenvalue weighted by molar-refractivity contribution is -0.124. The highest BCUT2D eigenvalue weighted by Crippen LogP contribution is 2.33. The monoisotopic (exact) mass is 325 g/mol. The molecule has 0 aliphatic carbocycles. The molecule has 19 heavy (non-hydrogen) atoms. The van der Waals surface area contributed by atoms with Crippen LogP contribution in [0.2, 0.25) is 15.1 Å². The van der Waals surface area contributed by atoms with Gasteiger partial charge < -0.3 is 15.2 Å². The number of amides is 1. The van der Waals surface area contributed by atoms with Crippen LogP contribution in [0.1, 0.15) is 13.3 Å². The van der Waals surface area contributed by atoms with Crippen molar-refractivity contribution in [3.05, 3.63) is 27.2 Å². The number of benzene rings is 1. The van der Waals surface area contributed by atoms with Crippen LogP contribution in [0, 0.1) is 0 Å². The zero-order valence-electron chi connectivity index (χ0n) is 10.3. The van der Waals surface area contributed by atoms with Crippen LogP contribution in [0.5, 0.6) is 5.75 Å². The van der Waals surface area contributed by atoms with Gasteiger partial charge in [0.2, 0.25) is 0 Å². The Morgan fingerprint density at radius 1 is 1.32 bits per heavy atom. The van der Waals surface area contributed by atoms with Crippen molar-refractivity contribution in [2.45, 2.75) is 19.4 Å². The number of halogens is 3. The maximum Gasteiger partial charge on any atom is 0.258 e. The van der Waals surface area contributed by atoms with E-state index in [2.05, 4.69) is 5.32 Å². The van der Waals surface area contributed by atoms with Crippen LogP contribution >= 0.6 is 34.8 Å². The van der Waals surface area contributed by atoms with Crippen LogP contribution in [-0.4, -0.2) is 30.3 Å². The highest BCUT2D eigenvalue weighted by Gasteiger charge is 2.12. The molecule has 0 saturated carbocycles. The van der Waals surface area contributed by atoms with Gasteiger partial charge in [0.25, 0.3) is 5.91 Å². The van der Waals surface area contributed by atoms with Crippen molar-refractivity contribution in [3.8, 4) is 5.75 Å². The Morgan fingerprint density at radius 3 is 2.53 bits per heavy atom. The van der Waals surface area contributed by atoms with E-state index in [-0.39, 0.29) is 35.9 Å². The minimum atomic E-state index is -0.344. The summed E-state index contributed by atoms with van der Waals surface area (Å²) in [5.41, 5.74) is 0. The summed E-state index contributed by atoms with van der Waals surface area (Å²) in [5.74, 6) is -0.0636. The number of hydrogen-bond acceptors (Lipinski definition) is 3. The third-order valence-corrected chi connectivity index (χ3v) is 3.43. The fourth-order valence-corrected chi connectivity index (χ4v) is 1.90. The molecule has 0 unspecified atom stereocenters. The van der Waals surface area contributed by atoms with E-state index in [1.165, 1.54) is 12.1 Å². The molecule has 0 saturated heterocycles. The molecule has 1 aromatic carbocycles. The van der Waals surface area contributed by atoms with E-state index in [0.29, 0.717) is 16.5 Å². The zero-order valence-corrected chi connectivity index (χ0v) is 12.5. The number of nitrogens with one attached hydrogen (secondary N) is 1. The van der Waals surface area contributed by atoms with E-state index in [9.17, 15) is 4.79 Å². The topological polar surface area (TPSA) is 58.6 Å². The first-order valence-corrected chi connectivity index (χ1v) is 6.78. The van der Waals surface area contributed by atoms with Gasteiger partial charge in [0, 0.05) is 6.07 Å². The average molecular weight is 327 g/mol. The Bertz CT molecular complexity index is 450. The number of aliphatic hydroxyl groups is 1. The molecule has 0 aliphatic heterocycles. The number of ether oxygens (including phenoxy) is 1. The first kappa shape index (κ1) is 16.4. The SMILES string of the molecule is CC[C@H](CO)NC(=O)COc1cc(Cl)c(Cl)cc1Cl. The van der Waals surface area contributed by atoms with Crippen LogP contribution in [-0.2, 0) is 4.79 Å². The maximum absolute atomic E-state index is 11.6. The number of carbonyl (C=O) groups excluding carboxylic acids is 1. The van der Waals surface area contributed by atoms with Crippen molar-refractivity contribution >= 4 is 40.7 Å². The second-order valence-corrected chi connectivity index (χ2v) is 5.06. The standard InChI is InChI=1S/C12H14Cl3NO3/c1-2-7(5-17)16-12(18)6-19-11-4-9(14)8(13)3-10(11)15/h3-4,7,17H,2,5-6H2,1H3,(H,16,18)/t7-/m1/s1. The van der Waals surface area contributed by atoms with E-state index >= 15 is 0 Å². The van der Waals surface area contributed by atoms with Crippen molar-refractivity contribution in [3.63, 3.8) is 0 Å². The molecule has 1 rings (SSSR count). The highest BCUT2D eigenvalue weighted by atomic mass is 35.5. The van der Waals surface area contributed by atoms with Gasteiger partial charge in [0.05, 0.1) is 27.7 Å². The Morgan fingerprint density at radius 2 is 1.95 bits per heavy atom. The average Bonchev–Trinajstić information content (AvgIpc) is 2.38. The predicted octanol–water partition coefficient (Wildman–Crippen LogP) is 2.91. The molecule has 0 bridgehead atoms. The molecule has 1 aromatic rings. The van der Waals surface area contributed by atoms with Crippen molar-refractivity contribution in [2.75, 3.05) is 13.2 Å². The lowest BCUT2D eigenvalue weighted by Gasteiger charge is -2.14. The molecule has 0 aromatic heterocycles. The van der Waals surface area contributed by atoms with E-state index < -0.39 is 0 Å². The second kappa shape index (κ2) is 7.80. The summed E-state index contributed by atoms with van der Waals surface area (Å²) in [4.78, 5) is 11.6. The Balaban J connectivity index is 2.57. The van der Waals surface area contributed by atoms with Crippen LogP contribution in [0.15, 0.2) is 12.1 Å². The Kier molecular flexibility index (Phi) is 6.72. The summed E-state index contributed by atoms with van der Waals surface area (Å²) in [7, 11) is 0.